The number of aliphatic imine (C=N–C) groups is 1. The molecule has 0 aromatic heterocycles. The Labute approximate surface area is 175 Å². The topological polar surface area (TPSA) is 61.7 Å². The van der Waals surface area contributed by atoms with Crippen LogP contribution >= 0.6 is 0 Å². The SMILES string of the molecule is CCc1cccc(N=Cc2c(O)c(C(=O)Nc3ccccc3)cc3ccccc23)c1. The van der Waals surface area contributed by atoms with Crippen molar-refractivity contribution in [1.29, 1.82) is 0 Å². The zero-order valence-electron chi connectivity index (χ0n) is 16.7. The van der Waals surface area contributed by atoms with E-state index in [0.717, 1.165) is 22.9 Å². The number of carbonyl (C=O) groups excluding carboxylic acids is 1. The first-order valence-corrected chi connectivity index (χ1v) is 9.90. The number of aromatic hydroxyl groups is 1. The van der Waals surface area contributed by atoms with Crippen LogP contribution in [0.3, 0.4) is 0 Å². The summed E-state index contributed by atoms with van der Waals surface area (Å²) in [6.07, 6.45) is 2.55. The van der Waals surface area contributed by atoms with Gasteiger partial charge in [0.15, 0.2) is 0 Å². The molecule has 0 atom stereocenters. The first-order valence-electron chi connectivity index (χ1n) is 9.90. The van der Waals surface area contributed by atoms with Crippen molar-refractivity contribution >= 4 is 34.3 Å². The molecule has 1 amide bonds. The summed E-state index contributed by atoms with van der Waals surface area (Å²) < 4.78 is 0. The van der Waals surface area contributed by atoms with Crippen molar-refractivity contribution in [2.24, 2.45) is 4.99 Å². The van der Waals surface area contributed by atoms with Crippen molar-refractivity contribution in [3.05, 3.63) is 102 Å². The molecule has 4 heteroatoms. The highest BCUT2D eigenvalue weighted by atomic mass is 16.3. The number of phenolic OH excluding ortho intramolecular Hbond substituents is 1. The molecule has 4 aromatic carbocycles. The lowest BCUT2D eigenvalue weighted by atomic mass is 9.99. The predicted octanol–water partition coefficient (Wildman–Crippen LogP) is 6.11. The minimum Gasteiger partial charge on any atom is -0.506 e. The normalized spacial score (nSPS) is 11.1. The molecule has 4 nitrogen and oxygen atoms in total. The summed E-state index contributed by atoms with van der Waals surface area (Å²) in [7, 11) is 0. The zero-order valence-corrected chi connectivity index (χ0v) is 16.7. The molecule has 0 aliphatic rings. The molecule has 0 unspecified atom stereocenters. The maximum absolute atomic E-state index is 12.9. The van der Waals surface area contributed by atoms with Crippen molar-refractivity contribution in [1.82, 2.24) is 0 Å². The zero-order chi connectivity index (χ0) is 20.9. The van der Waals surface area contributed by atoms with Crippen LogP contribution in [0.4, 0.5) is 11.4 Å². The van der Waals surface area contributed by atoms with Gasteiger partial charge >= 0.3 is 0 Å². The Balaban J connectivity index is 1.77. The number of benzene rings is 4. The fourth-order valence-corrected chi connectivity index (χ4v) is 3.38. The van der Waals surface area contributed by atoms with E-state index >= 15 is 0 Å². The second kappa shape index (κ2) is 8.62. The number of hydrogen-bond acceptors (Lipinski definition) is 3. The Bertz CT molecular complexity index is 1230. The smallest absolute Gasteiger partial charge is 0.259 e. The number of hydrogen-bond donors (Lipinski definition) is 2. The van der Waals surface area contributed by atoms with Gasteiger partial charge in [0.25, 0.3) is 5.91 Å². The Kier molecular flexibility index (Phi) is 5.57. The molecule has 0 aliphatic heterocycles. The van der Waals surface area contributed by atoms with Crippen molar-refractivity contribution < 1.29 is 9.90 Å². The summed E-state index contributed by atoms with van der Waals surface area (Å²) in [5.74, 6) is -0.454. The molecule has 0 saturated carbocycles. The van der Waals surface area contributed by atoms with Crippen molar-refractivity contribution in [3.8, 4) is 5.75 Å². The average Bonchev–Trinajstić information content (AvgIpc) is 2.79. The predicted molar refractivity (Wildman–Crippen MR) is 123 cm³/mol. The third-order valence-corrected chi connectivity index (χ3v) is 5.00. The number of fused-ring (bicyclic) bond motifs is 1. The summed E-state index contributed by atoms with van der Waals surface area (Å²) in [6, 6.07) is 26.5. The lowest BCUT2D eigenvalue weighted by molar-refractivity contribution is 0.102. The number of carbonyl (C=O) groups is 1. The van der Waals surface area contributed by atoms with Crippen LogP contribution in [-0.4, -0.2) is 17.2 Å². The van der Waals surface area contributed by atoms with Crippen LogP contribution < -0.4 is 5.32 Å². The van der Waals surface area contributed by atoms with Gasteiger partial charge in [0, 0.05) is 17.5 Å². The van der Waals surface area contributed by atoms with E-state index in [4.69, 9.17) is 0 Å². The largest absolute Gasteiger partial charge is 0.506 e. The average molecular weight is 394 g/mol. The summed E-state index contributed by atoms with van der Waals surface area (Å²) in [6.45, 7) is 2.09. The van der Waals surface area contributed by atoms with Gasteiger partial charge in [-0.15, -0.1) is 0 Å². The molecular weight excluding hydrogens is 372 g/mol. The number of rotatable bonds is 5. The molecule has 0 heterocycles. The molecule has 0 saturated heterocycles. The van der Waals surface area contributed by atoms with Crippen molar-refractivity contribution in [3.63, 3.8) is 0 Å². The minimum atomic E-state index is -0.368. The summed E-state index contributed by atoms with van der Waals surface area (Å²) >= 11 is 0. The van der Waals surface area contributed by atoms with Gasteiger partial charge in [-0.2, -0.15) is 0 Å². The Hall–Kier alpha value is -3.92. The standard InChI is InChI=1S/C26H22N2O2/c1-2-18-9-8-13-21(15-18)27-17-24-22-14-7-6-10-19(22)16-23(25(24)29)26(30)28-20-11-4-3-5-12-20/h3-17,29H,2H2,1H3,(H,28,30). The quantitative estimate of drug-likeness (QED) is 0.401. The molecule has 30 heavy (non-hydrogen) atoms. The number of nitrogens with one attached hydrogen (secondary N) is 1. The van der Waals surface area contributed by atoms with Crippen LogP contribution in [0.15, 0.2) is 89.9 Å². The molecule has 0 fully saturated rings. The summed E-state index contributed by atoms with van der Waals surface area (Å²) in [5, 5.41) is 15.5. The second-order valence-corrected chi connectivity index (χ2v) is 7.01. The number of amides is 1. The van der Waals surface area contributed by atoms with E-state index in [1.807, 2.05) is 60.7 Å². The number of phenols is 1. The second-order valence-electron chi connectivity index (χ2n) is 7.01. The molecule has 0 radical (unpaired) electrons. The van der Waals surface area contributed by atoms with Gasteiger partial charge in [-0.3, -0.25) is 9.79 Å². The van der Waals surface area contributed by atoms with Gasteiger partial charge < -0.3 is 10.4 Å². The van der Waals surface area contributed by atoms with Gasteiger partial charge in [-0.25, -0.2) is 0 Å². The molecule has 2 N–H and O–H groups in total. The lowest BCUT2D eigenvalue weighted by Gasteiger charge is -2.12. The van der Waals surface area contributed by atoms with E-state index in [2.05, 4.69) is 23.3 Å². The molecule has 4 aromatic rings. The molecule has 0 spiro atoms. The van der Waals surface area contributed by atoms with E-state index < -0.39 is 0 Å². The maximum Gasteiger partial charge on any atom is 0.259 e. The highest BCUT2D eigenvalue weighted by molar-refractivity contribution is 6.13. The summed E-state index contributed by atoms with van der Waals surface area (Å²) in [5.41, 5.74) is 3.39. The van der Waals surface area contributed by atoms with Gasteiger partial charge in [0.05, 0.1) is 11.3 Å². The van der Waals surface area contributed by atoms with Gasteiger partial charge in [-0.05, 0) is 53.1 Å². The maximum atomic E-state index is 12.9. The molecule has 0 aliphatic carbocycles. The molecular formula is C26H22N2O2. The third kappa shape index (κ3) is 4.08. The van der Waals surface area contributed by atoms with Gasteiger partial charge in [0.2, 0.25) is 0 Å². The van der Waals surface area contributed by atoms with Crippen molar-refractivity contribution in [2.45, 2.75) is 13.3 Å². The van der Waals surface area contributed by atoms with Crippen LogP contribution in [0.5, 0.6) is 5.75 Å². The van der Waals surface area contributed by atoms with Crippen LogP contribution in [0.25, 0.3) is 10.8 Å². The molecule has 0 bridgehead atoms. The summed E-state index contributed by atoms with van der Waals surface area (Å²) in [4.78, 5) is 17.4. The monoisotopic (exact) mass is 394 g/mol. The minimum absolute atomic E-state index is 0.0856. The Morgan fingerprint density at radius 3 is 2.53 bits per heavy atom. The van der Waals surface area contributed by atoms with E-state index in [1.54, 1.807) is 24.4 Å². The van der Waals surface area contributed by atoms with Crippen LogP contribution in [0, 0.1) is 0 Å². The Morgan fingerprint density at radius 2 is 1.73 bits per heavy atom. The van der Waals surface area contributed by atoms with Crippen LogP contribution in [-0.2, 0) is 6.42 Å². The van der Waals surface area contributed by atoms with E-state index in [-0.39, 0.29) is 17.2 Å². The van der Waals surface area contributed by atoms with E-state index in [1.165, 1.54) is 5.56 Å². The molecule has 148 valence electrons. The van der Waals surface area contributed by atoms with E-state index in [0.29, 0.717) is 11.3 Å². The highest BCUT2D eigenvalue weighted by Crippen LogP contribution is 2.31. The first-order chi connectivity index (χ1) is 14.7. The van der Waals surface area contributed by atoms with E-state index in [9.17, 15) is 9.90 Å². The van der Waals surface area contributed by atoms with Crippen LogP contribution in [0.1, 0.15) is 28.4 Å². The third-order valence-electron chi connectivity index (χ3n) is 5.00. The lowest BCUT2D eigenvalue weighted by Crippen LogP contribution is -2.12. The number of nitrogens with zero attached hydrogens (tertiary/aromatic N) is 1. The van der Waals surface area contributed by atoms with Crippen LogP contribution in [0.2, 0.25) is 0 Å². The number of para-hydroxylation sites is 1. The molecule has 4 rings (SSSR count). The highest BCUT2D eigenvalue weighted by Gasteiger charge is 2.17. The van der Waals surface area contributed by atoms with Crippen molar-refractivity contribution in [2.75, 3.05) is 5.32 Å². The Morgan fingerprint density at radius 1 is 0.967 bits per heavy atom. The fraction of sp³-hybridized carbons (Fsp3) is 0.0769. The van der Waals surface area contributed by atoms with Gasteiger partial charge in [-0.1, -0.05) is 61.5 Å². The fourth-order valence-electron chi connectivity index (χ4n) is 3.38. The number of aryl methyl sites for hydroxylation is 1. The number of anilines is 1. The van der Waals surface area contributed by atoms with Gasteiger partial charge in [0.1, 0.15) is 5.75 Å². The first kappa shape index (κ1) is 19.4.